The third-order valence-electron chi connectivity index (χ3n) is 3.08. The van der Waals surface area contributed by atoms with Crippen LogP contribution in [0.3, 0.4) is 0 Å². The maximum Gasteiger partial charge on any atom is 0.242 e. The first-order valence-electron chi connectivity index (χ1n) is 6.82. The molecule has 0 aromatic carbocycles. The minimum Gasteiger partial charge on any atom is -0.479 e. The molecule has 0 radical (unpaired) electrons. The molecule has 0 aliphatic carbocycles. The van der Waals surface area contributed by atoms with Crippen molar-refractivity contribution >= 4 is 11.5 Å². The largest absolute Gasteiger partial charge is 0.479 e. The Morgan fingerprint density at radius 1 is 1.21 bits per heavy atom. The number of aryl methyl sites for hydroxylation is 1. The molecule has 0 fully saturated rings. The lowest BCUT2D eigenvalue weighted by Crippen LogP contribution is -2.29. The van der Waals surface area contributed by atoms with Crippen molar-refractivity contribution in [3.8, 4) is 5.88 Å². The lowest BCUT2D eigenvalue weighted by molar-refractivity contribution is 0.316. The van der Waals surface area contributed by atoms with E-state index in [1.165, 1.54) is 0 Å². The second-order valence-electron chi connectivity index (χ2n) is 4.22. The van der Waals surface area contributed by atoms with Crippen molar-refractivity contribution in [2.75, 3.05) is 44.3 Å². The van der Waals surface area contributed by atoms with E-state index in [2.05, 4.69) is 34.0 Å². The van der Waals surface area contributed by atoms with Crippen LogP contribution in [0.4, 0.5) is 11.5 Å². The van der Waals surface area contributed by atoms with Crippen molar-refractivity contribution in [1.29, 1.82) is 0 Å². The monoisotopic (exact) mass is 267 g/mol. The Hall–Kier alpha value is -1.56. The van der Waals surface area contributed by atoms with Gasteiger partial charge in [-0.25, -0.2) is 4.98 Å². The first-order chi connectivity index (χ1) is 9.15. The summed E-state index contributed by atoms with van der Waals surface area (Å²) in [4.78, 5) is 11.0. The summed E-state index contributed by atoms with van der Waals surface area (Å²) in [6.45, 7) is 10.2. The van der Waals surface area contributed by atoms with E-state index in [0.29, 0.717) is 17.4 Å². The number of hydrogen-bond acceptors (Lipinski definition) is 6. The molecule has 19 heavy (non-hydrogen) atoms. The van der Waals surface area contributed by atoms with Crippen molar-refractivity contribution < 1.29 is 4.74 Å². The fourth-order valence-corrected chi connectivity index (χ4v) is 1.81. The Morgan fingerprint density at radius 2 is 1.89 bits per heavy atom. The Morgan fingerprint density at radius 3 is 2.42 bits per heavy atom. The van der Waals surface area contributed by atoms with Gasteiger partial charge in [-0.1, -0.05) is 20.8 Å². The van der Waals surface area contributed by atoms with Gasteiger partial charge in [-0.3, -0.25) is 0 Å². The molecule has 1 aromatic rings. The van der Waals surface area contributed by atoms with Gasteiger partial charge in [0.2, 0.25) is 5.88 Å². The molecule has 0 saturated carbocycles. The molecule has 0 unspecified atom stereocenters. The highest BCUT2D eigenvalue weighted by Crippen LogP contribution is 2.25. The van der Waals surface area contributed by atoms with Crippen molar-refractivity contribution in [3.05, 3.63) is 5.82 Å². The second kappa shape index (κ2) is 7.78. The third kappa shape index (κ3) is 4.24. The summed E-state index contributed by atoms with van der Waals surface area (Å²) in [5.74, 6) is 1.84. The van der Waals surface area contributed by atoms with E-state index in [9.17, 15) is 0 Å². The number of methoxy groups -OCH3 is 1. The van der Waals surface area contributed by atoms with E-state index >= 15 is 0 Å². The molecule has 0 bridgehead atoms. The quantitative estimate of drug-likeness (QED) is 0.741. The predicted octanol–water partition coefficient (Wildman–Crippen LogP) is 1.38. The van der Waals surface area contributed by atoms with Crippen LogP contribution in [0.15, 0.2) is 0 Å². The highest BCUT2D eigenvalue weighted by atomic mass is 16.5. The van der Waals surface area contributed by atoms with Gasteiger partial charge in [0.05, 0.1) is 7.11 Å². The highest BCUT2D eigenvalue weighted by molar-refractivity contribution is 5.66. The molecular weight excluding hydrogens is 242 g/mol. The van der Waals surface area contributed by atoms with Crippen molar-refractivity contribution in [1.82, 2.24) is 14.9 Å². The summed E-state index contributed by atoms with van der Waals surface area (Å²) in [6, 6.07) is 0. The Bertz CT molecular complexity index is 393. The first-order valence-corrected chi connectivity index (χ1v) is 6.82. The van der Waals surface area contributed by atoms with Crippen molar-refractivity contribution in [3.63, 3.8) is 0 Å². The number of nitrogens with one attached hydrogen (secondary N) is 1. The van der Waals surface area contributed by atoms with Crippen LogP contribution < -0.4 is 15.8 Å². The van der Waals surface area contributed by atoms with Gasteiger partial charge in [0.1, 0.15) is 11.5 Å². The summed E-state index contributed by atoms with van der Waals surface area (Å²) >= 11 is 0. The van der Waals surface area contributed by atoms with E-state index in [0.717, 1.165) is 38.4 Å². The molecule has 6 nitrogen and oxygen atoms in total. The maximum absolute atomic E-state index is 5.97. The van der Waals surface area contributed by atoms with Crippen LogP contribution in [0.1, 0.15) is 26.6 Å². The Balaban J connectivity index is 2.71. The summed E-state index contributed by atoms with van der Waals surface area (Å²) in [6.07, 6.45) is 0.751. The smallest absolute Gasteiger partial charge is 0.242 e. The van der Waals surface area contributed by atoms with Crippen molar-refractivity contribution in [2.24, 2.45) is 0 Å². The van der Waals surface area contributed by atoms with E-state index in [1.807, 2.05) is 6.92 Å². The van der Waals surface area contributed by atoms with Gasteiger partial charge in [-0.15, -0.1) is 0 Å². The molecule has 6 heteroatoms. The normalized spacial score (nSPS) is 10.8. The highest BCUT2D eigenvalue weighted by Gasteiger charge is 2.11. The molecule has 1 aromatic heterocycles. The number of rotatable bonds is 8. The second-order valence-corrected chi connectivity index (χ2v) is 4.22. The molecule has 0 amide bonds. The fraction of sp³-hybridized carbons (Fsp3) is 0.692. The third-order valence-corrected chi connectivity index (χ3v) is 3.08. The topological polar surface area (TPSA) is 76.3 Å². The van der Waals surface area contributed by atoms with Gasteiger partial charge in [0.25, 0.3) is 0 Å². The minimum absolute atomic E-state index is 0.442. The first kappa shape index (κ1) is 15.5. The molecule has 0 saturated heterocycles. The molecule has 1 rings (SSSR count). The van der Waals surface area contributed by atoms with Crippen LogP contribution in [0.2, 0.25) is 0 Å². The minimum atomic E-state index is 0.442. The van der Waals surface area contributed by atoms with Gasteiger partial charge in [0.15, 0.2) is 5.82 Å². The van der Waals surface area contributed by atoms with Gasteiger partial charge in [-0.05, 0) is 13.1 Å². The van der Waals surface area contributed by atoms with Gasteiger partial charge in [0, 0.05) is 19.5 Å². The van der Waals surface area contributed by atoms with Gasteiger partial charge >= 0.3 is 0 Å². The van der Waals surface area contributed by atoms with Crippen LogP contribution in [0.5, 0.6) is 5.88 Å². The number of nitrogen functional groups attached to an aromatic ring is 1. The van der Waals surface area contributed by atoms with Crippen LogP contribution in [-0.2, 0) is 6.42 Å². The molecule has 0 spiro atoms. The molecule has 1 heterocycles. The Kier molecular flexibility index (Phi) is 6.35. The molecule has 0 atom stereocenters. The number of hydrogen-bond donors (Lipinski definition) is 2. The number of ether oxygens (including phenoxy) is 1. The average Bonchev–Trinajstić information content (AvgIpc) is 2.45. The summed E-state index contributed by atoms with van der Waals surface area (Å²) in [7, 11) is 1.57. The van der Waals surface area contributed by atoms with E-state index in [4.69, 9.17) is 10.5 Å². The lowest BCUT2D eigenvalue weighted by Gasteiger charge is -2.19. The van der Waals surface area contributed by atoms with E-state index in [1.54, 1.807) is 7.11 Å². The molecule has 0 aliphatic heterocycles. The zero-order valence-electron chi connectivity index (χ0n) is 12.4. The summed E-state index contributed by atoms with van der Waals surface area (Å²) < 4.78 is 5.17. The van der Waals surface area contributed by atoms with Crippen LogP contribution >= 0.6 is 0 Å². The maximum atomic E-state index is 5.97. The number of anilines is 2. The molecule has 3 N–H and O–H groups in total. The molecule has 0 aliphatic rings. The SMILES string of the molecule is CCc1nc(NCCN(CC)CC)c(N)c(OC)n1. The van der Waals surface area contributed by atoms with E-state index < -0.39 is 0 Å². The number of aromatic nitrogens is 2. The molecular formula is C13H25N5O. The Labute approximate surface area is 115 Å². The summed E-state index contributed by atoms with van der Waals surface area (Å²) in [5, 5.41) is 3.26. The zero-order chi connectivity index (χ0) is 14.3. The van der Waals surface area contributed by atoms with Crippen LogP contribution in [-0.4, -0.2) is 48.2 Å². The van der Waals surface area contributed by atoms with E-state index in [-0.39, 0.29) is 0 Å². The predicted molar refractivity (Wildman–Crippen MR) is 78.7 cm³/mol. The van der Waals surface area contributed by atoms with Crippen molar-refractivity contribution in [2.45, 2.75) is 27.2 Å². The van der Waals surface area contributed by atoms with Gasteiger partial charge < -0.3 is 20.7 Å². The number of likely N-dealkylation sites (N-methyl/N-ethyl adjacent to an activating group) is 1. The van der Waals surface area contributed by atoms with Gasteiger partial charge in [-0.2, -0.15) is 4.98 Å². The average molecular weight is 267 g/mol. The number of nitrogens with two attached hydrogens (primary N) is 1. The lowest BCUT2D eigenvalue weighted by atomic mass is 10.4. The standard InChI is InChI=1S/C13H25N5O/c1-5-10-16-12(11(14)13(17-10)19-4)15-8-9-18(6-2)7-3/h5-9,14H2,1-4H3,(H,15,16,17). The number of nitrogens with zero attached hydrogens (tertiary/aromatic N) is 3. The van der Waals surface area contributed by atoms with Crippen LogP contribution in [0.25, 0.3) is 0 Å². The van der Waals surface area contributed by atoms with Crippen LogP contribution in [0, 0.1) is 0 Å². The zero-order valence-corrected chi connectivity index (χ0v) is 12.4. The summed E-state index contributed by atoms with van der Waals surface area (Å²) in [5.41, 5.74) is 6.44. The fourth-order valence-electron chi connectivity index (χ4n) is 1.81. The molecule has 108 valence electrons.